The molecule has 1 aromatic heterocycles. The lowest BCUT2D eigenvalue weighted by molar-refractivity contribution is 0.0995. The van der Waals surface area contributed by atoms with Gasteiger partial charge in [0, 0.05) is 23.8 Å². The zero-order valence-corrected chi connectivity index (χ0v) is 13.8. The van der Waals surface area contributed by atoms with Crippen LogP contribution < -0.4 is 21.7 Å². The van der Waals surface area contributed by atoms with Gasteiger partial charge in [0.25, 0.3) is 5.91 Å². The molecule has 1 aliphatic carbocycles. The van der Waals surface area contributed by atoms with Crippen molar-refractivity contribution in [2.45, 2.75) is 31.8 Å². The van der Waals surface area contributed by atoms with Gasteiger partial charge in [-0.05, 0) is 37.5 Å². The summed E-state index contributed by atoms with van der Waals surface area (Å²) in [6.45, 7) is 1.97. The molecular weight excluding hydrogens is 320 g/mol. The number of benzene rings is 1. The van der Waals surface area contributed by atoms with Gasteiger partial charge in [-0.25, -0.2) is 14.8 Å². The topological polar surface area (TPSA) is 122 Å². The fraction of sp³-hybridized carbons (Fsp3) is 0.294. The van der Waals surface area contributed by atoms with Gasteiger partial charge in [-0.2, -0.15) is 0 Å². The number of hydrogen-bond donors (Lipinski definition) is 4. The summed E-state index contributed by atoms with van der Waals surface area (Å²) in [7, 11) is 0. The second-order valence-electron chi connectivity index (χ2n) is 6.01. The number of amides is 3. The Hall–Kier alpha value is -3.16. The average molecular weight is 340 g/mol. The molecule has 130 valence electrons. The zero-order chi connectivity index (χ0) is 17.8. The molecule has 2 aromatic rings. The molecule has 3 rings (SSSR count). The predicted molar refractivity (Wildman–Crippen MR) is 94.2 cm³/mol. The van der Waals surface area contributed by atoms with E-state index in [0.29, 0.717) is 11.9 Å². The number of primary amides is 1. The summed E-state index contributed by atoms with van der Waals surface area (Å²) < 4.78 is 0. The molecule has 5 N–H and O–H groups in total. The number of hydrogen-bond acceptors (Lipinski definition) is 5. The molecule has 1 saturated carbocycles. The lowest BCUT2D eigenvalue weighted by Crippen LogP contribution is -2.30. The minimum absolute atomic E-state index is 0.0510. The van der Waals surface area contributed by atoms with E-state index < -0.39 is 5.91 Å². The van der Waals surface area contributed by atoms with Gasteiger partial charge in [0.05, 0.1) is 0 Å². The first-order valence-corrected chi connectivity index (χ1v) is 8.07. The molecule has 1 atom stereocenters. The fourth-order valence-corrected chi connectivity index (χ4v) is 2.31. The third-order valence-corrected chi connectivity index (χ3v) is 3.87. The molecule has 0 radical (unpaired) electrons. The highest BCUT2D eigenvalue weighted by Crippen LogP contribution is 2.21. The second-order valence-corrected chi connectivity index (χ2v) is 6.01. The van der Waals surface area contributed by atoms with Crippen LogP contribution in [-0.2, 0) is 0 Å². The Morgan fingerprint density at radius 1 is 1.20 bits per heavy atom. The number of rotatable bonds is 6. The monoisotopic (exact) mass is 340 g/mol. The van der Waals surface area contributed by atoms with Crippen molar-refractivity contribution in [1.29, 1.82) is 0 Å². The summed E-state index contributed by atoms with van der Waals surface area (Å²) in [5.41, 5.74) is 7.11. The number of anilines is 2. The number of carbonyl (C=O) groups excluding carboxylic acids is 2. The molecule has 25 heavy (non-hydrogen) atoms. The van der Waals surface area contributed by atoms with Crippen LogP contribution in [0.4, 0.5) is 16.3 Å². The first kappa shape index (κ1) is 16.7. The van der Waals surface area contributed by atoms with Crippen molar-refractivity contribution in [3.05, 3.63) is 47.9 Å². The van der Waals surface area contributed by atoms with E-state index in [9.17, 15) is 9.59 Å². The maximum atomic E-state index is 11.7. The fourth-order valence-electron chi connectivity index (χ4n) is 2.31. The number of urea groups is 1. The van der Waals surface area contributed by atoms with Crippen LogP contribution in [0.25, 0.3) is 0 Å². The summed E-state index contributed by atoms with van der Waals surface area (Å²) in [5.74, 6) is -0.0830. The molecule has 1 aromatic carbocycles. The van der Waals surface area contributed by atoms with Crippen molar-refractivity contribution in [3.8, 4) is 0 Å². The van der Waals surface area contributed by atoms with Crippen LogP contribution in [0, 0.1) is 0 Å². The molecule has 0 saturated heterocycles. The Morgan fingerprint density at radius 2 is 1.92 bits per heavy atom. The van der Waals surface area contributed by atoms with E-state index in [4.69, 9.17) is 5.73 Å². The molecule has 1 unspecified atom stereocenters. The molecule has 1 heterocycles. The second kappa shape index (κ2) is 7.16. The molecule has 8 heteroatoms. The molecule has 8 nitrogen and oxygen atoms in total. The Bertz CT molecular complexity index is 773. The standard InChI is InChI=1S/C17H20N6O2/c1-10(21-15-8-14(16(18)24)19-9-20-15)11-2-4-12(5-3-11)22-17(25)23-13-6-7-13/h2-5,8-10,13H,6-7H2,1H3,(H2,18,24)(H,19,20,21)(H2,22,23,25). The third-order valence-electron chi connectivity index (χ3n) is 3.87. The van der Waals surface area contributed by atoms with E-state index in [1.165, 1.54) is 12.4 Å². The molecule has 1 fully saturated rings. The van der Waals surface area contributed by atoms with Gasteiger partial charge in [-0.15, -0.1) is 0 Å². The van der Waals surface area contributed by atoms with E-state index in [0.717, 1.165) is 24.1 Å². The van der Waals surface area contributed by atoms with E-state index in [2.05, 4.69) is 25.9 Å². The number of aromatic nitrogens is 2. The van der Waals surface area contributed by atoms with Gasteiger partial charge >= 0.3 is 6.03 Å². The highest BCUT2D eigenvalue weighted by Gasteiger charge is 2.23. The first-order valence-electron chi connectivity index (χ1n) is 8.07. The Kier molecular flexibility index (Phi) is 4.78. The third kappa shape index (κ3) is 4.66. The maximum absolute atomic E-state index is 11.7. The van der Waals surface area contributed by atoms with Gasteiger partial charge in [0.2, 0.25) is 0 Å². The zero-order valence-electron chi connectivity index (χ0n) is 13.8. The maximum Gasteiger partial charge on any atom is 0.319 e. The average Bonchev–Trinajstić information content (AvgIpc) is 3.39. The molecule has 0 spiro atoms. The van der Waals surface area contributed by atoms with E-state index in [1.54, 1.807) is 0 Å². The van der Waals surface area contributed by atoms with Crippen LogP contribution in [0.3, 0.4) is 0 Å². The van der Waals surface area contributed by atoms with Crippen molar-refractivity contribution in [2.75, 3.05) is 10.6 Å². The Morgan fingerprint density at radius 3 is 2.56 bits per heavy atom. The van der Waals surface area contributed by atoms with Crippen molar-refractivity contribution < 1.29 is 9.59 Å². The minimum atomic E-state index is -0.599. The van der Waals surface area contributed by atoms with Gasteiger partial charge in [-0.1, -0.05) is 12.1 Å². The predicted octanol–water partition coefficient (Wildman–Crippen LogP) is 2.03. The lowest BCUT2D eigenvalue weighted by atomic mass is 10.1. The summed E-state index contributed by atoms with van der Waals surface area (Å²) in [6, 6.07) is 9.12. The van der Waals surface area contributed by atoms with Gasteiger partial charge < -0.3 is 21.7 Å². The van der Waals surface area contributed by atoms with Crippen molar-refractivity contribution in [3.63, 3.8) is 0 Å². The minimum Gasteiger partial charge on any atom is -0.364 e. The summed E-state index contributed by atoms with van der Waals surface area (Å²) >= 11 is 0. The summed E-state index contributed by atoms with van der Waals surface area (Å²) in [5, 5.41) is 8.87. The smallest absolute Gasteiger partial charge is 0.319 e. The molecular formula is C17H20N6O2. The molecule has 0 bridgehead atoms. The van der Waals surface area contributed by atoms with Crippen LogP contribution in [0.5, 0.6) is 0 Å². The van der Waals surface area contributed by atoms with Crippen LogP contribution >= 0.6 is 0 Å². The van der Waals surface area contributed by atoms with E-state index in [1.807, 2.05) is 31.2 Å². The number of nitrogens with zero attached hydrogens (tertiary/aromatic N) is 2. The van der Waals surface area contributed by atoms with Gasteiger partial charge in [-0.3, -0.25) is 4.79 Å². The summed E-state index contributed by atoms with van der Waals surface area (Å²) in [6.07, 6.45) is 3.40. The van der Waals surface area contributed by atoms with Crippen LogP contribution in [0.15, 0.2) is 36.7 Å². The molecule has 0 aliphatic heterocycles. The number of nitrogens with one attached hydrogen (secondary N) is 3. The molecule has 3 amide bonds. The van der Waals surface area contributed by atoms with Crippen LogP contribution in [0.1, 0.15) is 41.9 Å². The van der Waals surface area contributed by atoms with Crippen molar-refractivity contribution in [2.24, 2.45) is 5.73 Å². The van der Waals surface area contributed by atoms with Gasteiger partial charge in [0.1, 0.15) is 17.8 Å². The molecule has 1 aliphatic rings. The Labute approximate surface area is 145 Å². The van der Waals surface area contributed by atoms with E-state index in [-0.39, 0.29) is 17.8 Å². The van der Waals surface area contributed by atoms with Crippen LogP contribution in [-0.4, -0.2) is 27.9 Å². The number of carbonyl (C=O) groups is 2. The highest BCUT2D eigenvalue weighted by atomic mass is 16.2. The van der Waals surface area contributed by atoms with Crippen molar-refractivity contribution in [1.82, 2.24) is 15.3 Å². The normalized spacial score (nSPS) is 14.4. The largest absolute Gasteiger partial charge is 0.364 e. The van der Waals surface area contributed by atoms with E-state index >= 15 is 0 Å². The number of nitrogens with two attached hydrogens (primary N) is 1. The quantitative estimate of drug-likeness (QED) is 0.641. The summed E-state index contributed by atoms with van der Waals surface area (Å²) in [4.78, 5) is 30.8. The Balaban J connectivity index is 1.60. The lowest BCUT2D eigenvalue weighted by Gasteiger charge is -2.16. The SMILES string of the molecule is CC(Nc1cc(C(N)=O)ncn1)c1ccc(NC(=O)NC2CC2)cc1. The van der Waals surface area contributed by atoms with Crippen LogP contribution in [0.2, 0.25) is 0 Å². The highest BCUT2D eigenvalue weighted by molar-refractivity contribution is 5.91. The van der Waals surface area contributed by atoms with Crippen molar-refractivity contribution >= 4 is 23.4 Å². The first-order chi connectivity index (χ1) is 12.0. The van der Waals surface area contributed by atoms with Gasteiger partial charge in [0.15, 0.2) is 0 Å².